The fourth-order valence-electron chi connectivity index (χ4n) is 1.93. The Bertz CT molecular complexity index is 475. The third-order valence-corrected chi connectivity index (χ3v) is 3.88. The lowest BCUT2D eigenvalue weighted by Gasteiger charge is -2.16. The molecule has 110 valence electrons. The van der Waals surface area contributed by atoms with Crippen molar-refractivity contribution in [2.75, 3.05) is 25.1 Å². The van der Waals surface area contributed by atoms with Crippen molar-refractivity contribution >= 4 is 34.9 Å². The number of benzene rings is 1. The monoisotopic (exact) mass is 317 g/mol. The van der Waals surface area contributed by atoms with Crippen LogP contribution in [-0.4, -0.2) is 31.8 Å². The van der Waals surface area contributed by atoms with E-state index in [1.807, 2.05) is 0 Å². The lowest BCUT2D eigenvalue weighted by atomic mass is 10.1. The van der Waals surface area contributed by atoms with Crippen LogP contribution in [0.25, 0.3) is 0 Å². The highest BCUT2D eigenvalue weighted by atomic mass is 35.5. The predicted molar refractivity (Wildman–Crippen MR) is 79.4 cm³/mol. The van der Waals surface area contributed by atoms with E-state index in [9.17, 15) is 4.79 Å². The summed E-state index contributed by atoms with van der Waals surface area (Å²) in [6, 6.07) is 4.68. The summed E-state index contributed by atoms with van der Waals surface area (Å²) in [6.45, 7) is 3.57. The molecule has 0 radical (unpaired) electrons. The fraction of sp³-hybridized carbons (Fsp3) is 0.500. The van der Waals surface area contributed by atoms with Gasteiger partial charge in [-0.1, -0.05) is 23.2 Å². The summed E-state index contributed by atoms with van der Waals surface area (Å²) in [6.07, 6.45) is 0.946. The molecule has 6 heteroatoms. The Labute approximate surface area is 128 Å². The molecule has 0 bridgehead atoms. The van der Waals surface area contributed by atoms with Crippen molar-refractivity contribution in [1.82, 2.24) is 0 Å². The molecule has 1 aliphatic rings. The normalized spacial score (nSPS) is 19.6. The topological polar surface area (TPSA) is 47.6 Å². The Kier molecular flexibility index (Phi) is 5.52. The average Bonchev–Trinajstić information content (AvgIpc) is 2.93. The maximum atomic E-state index is 11.9. The zero-order valence-electron chi connectivity index (χ0n) is 11.2. The van der Waals surface area contributed by atoms with E-state index >= 15 is 0 Å². The maximum Gasteiger partial charge on any atom is 0.328 e. The molecule has 1 heterocycles. The number of hydrogen-bond acceptors (Lipinski definition) is 4. The molecular formula is C14H17Cl2NO3. The minimum absolute atomic E-state index is 0.289. The molecule has 1 saturated heterocycles. The molecule has 2 rings (SSSR count). The van der Waals surface area contributed by atoms with Gasteiger partial charge in [0.05, 0.1) is 23.3 Å². The van der Waals surface area contributed by atoms with Gasteiger partial charge in [0.25, 0.3) is 0 Å². The molecule has 1 unspecified atom stereocenters. The number of hydrogen-bond donors (Lipinski definition) is 1. The van der Waals surface area contributed by atoms with Crippen LogP contribution in [0.2, 0.25) is 10.0 Å². The molecular weight excluding hydrogens is 301 g/mol. The first-order valence-electron chi connectivity index (χ1n) is 6.52. The van der Waals surface area contributed by atoms with Crippen molar-refractivity contribution in [2.24, 2.45) is 5.92 Å². The van der Waals surface area contributed by atoms with Gasteiger partial charge < -0.3 is 14.8 Å². The summed E-state index contributed by atoms with van der Waals surface area (Å²) < 4.78 is 10.5. The van der Waals surface area contributed by atoms with E-state index in [0.717, 1.165) is 18.7 Å². The fourth-order valence-corrected chi connectivity index (χ4v) is 2.23. The lowest BCUT2D eigenvalue weighted by molar-refractivity contribution is -0.145. The molecule has 2 atom stereocenters. The highest BCUT2D eigenvalue weighted by Crippen LogP contribution is 2.25. The van der Waals surface area contributed by atoms with E-state index in [-0.39, 0.29) is 5.97 Å². The van der Waals surface area contributed by atoms with Gasteiger partial charge in [0.2, 0.25) is 0 Å². The van der Waals surface area contributed by atoms with Crippen LogP contribution >= 0.6 is 23.2 Å². The summed E-state index contributed by atoms with van der Waals surface area (Å²) in [5, 5.41) is 3.96. The van der Waals surface area contributed by atoms with Gasteiger partial charge >= 0.3 is 5.97 Å². The molecule has 1 N–H and O–H groups in total. The Morgan fingerprint density at radius 1 is 1.50 bits per heavy atom. The first-order valence-corrected chi connectivity index (χ1v) is 7.28. The number of esters is 1. The van der Waals surface area contributed by atoms with Crippen LogP contribution < -0.4 is 5.32 Å². The number of nitrogens with one attached hydrogen (secondary N) is 1. The molecule has 1 aromatic rings. The molecule has 1 aromatic carbocycles. The summed E-state index contributed by atoms with van der Waals surface area (Å²) in [7, 11) is 0. The highest BCUT2D eigenvalue weighted by Gasteiger charge is 2.20. The Morgan fingerprint density at radius 2 is 2.30 bits per heavy atom. The van der Waals surface area contributed by atoms with Crippen LogP contribution in [0.4, 0.5) is 5.69 Å². The standard InChI is InChI=1S/C14H17Cl2NO3/c1-9(14(18)20-8-10-4-5-19-7-10)17-11-2-3-12(15)13(16)6-11/h2-3,6,9-10,17H,4-5,7-8H2,1H3/t9-,10?/m0/s1. The van der Waals surface area contributed by atoms with Crippen LogP contribution in [0, 0.1) is 5.92 Å². The number of ether oxygens (including phenoxy) is 2. The average molecular weight is 318 g/mol. The highest BCUT2D eigenvalue weighted by molar-refractivity contribution is 6.42. The third kappa shape index (κ3) is 4.27. The van der Waals surface area contributed by atoms with E-state index in [1.165, 1.54) is 0 Å². The molecule has 0 aliphatic carbocycles. The van der Waals surface area contributed by atoms with Crippen LogP contribution in [0.5, 0.6) is 0 Å². The predicted octanol–water partition coefficient (Wildman–Crippen LogP) is 3.37. The quantitative estimate of drug-likeness (QED) is 0.846. The van der Waals surface area contributed by atoms with Gasteiger partial charge in [0, 0.05) is 18.2 Å². The smallest absolute Gasteiger partial charge is 0.328 e. The molecule has 4 nitrogen and oxygen atoms in total. The second-order valence-corrected chi connectivity index (χ2v) is 5.67. The molecule has 0 saturated carbocycles. The molecule has 20 heavy (non-hydrogen) atoms. The van der Waals surface area contributed by atoms with E-state index < -0.39 is 6.04 Å². The minimum atomic E-state index is -0.449. The van der Waals surface area contributed by atoms with Gasteiger partial charge in [-0.15, -0.1) is 0 Å². The van der Waals surface area contributed by atoms with Crippen molar-refractivity contribution in [3.05, 3.63) is 28.2 Å². The number of anilines is 1. The van der Waals surface area contributed by atoms with E-state index in [2.05, 4.69) is 5.32 Å². The maximum absolute atomic E-state index is 11.9. The number of carbonyl (C=O) groups is 1. The number of halogens is 2. The molecule has 0 spiro atoms. The zero-order chi connectivity index (χ0) is 14.5. The van der Waals surface area contributed by atoms with Crippen molar-refractivity contribution < 1.29 is 14.3 Å². The zero-order valence-corrected chi connectivity index (χ0v) is 12.7. The molecule has 1 aliphatic heterocycles. The molecule has 1 fully saturated rings. The van der Waals surface area contributed by atoms with Gasteiger partial charge in [-0.25, -0.2) is 4.79 Å². The Balaban J connectivity index is 1.81. The number of carbonyl (C=O) groups excluding carboxylic acids is 1. The summed E-state index contributed by atoms with van der Waals surface area (Å²) in [5.74, 6) is 0.0269. The van der Waals surface area contributed by atoms with Gasteiger partial charge in [-0.2, -0.15) is 0 Å². The second kappa shape index (κ2) is 7.16. The van der Waals surface area contributed by atoms with Gasteiger partial charge in [-0.05, 0) is 31.5 Å². The van der Waals surface area contributed by atoms with Crippen LogP contribution in [0.1, 0.15) is 13.3 Å². The number of rotatable bonds is 5. The Hall–Kier alpha value is -0.970. The lowest BCUT2D eigenvalue weighted by Crippen LogP contribution is -2.29. The van der Waals surface area contributed by atoms with Gasteiger partial charge in [-0.3, -0.25) is 0 Å². The largest absolute Gasteiger partial charge is 0.464 e. The molecule has 0 amide bonds. The van der Waals surface area contributed by atoms with E-state index in [0.29, 0.717) is 29.2 Å². The minimum Gasteiger partial charge on any atom is -0.464 e. The van der Waals surface area contributed by atoms with Crippen molar-refractivity contribution in [1.29, 1.82) is 0 Å². The summed E-state index contributed by atoms with van der Waals surface area (Å²) >= 11 is 11.8. The van der Waals surface area contributed by atoms with E-state index in [4.69, 9.17) is 32.7 Å². The van der Waals surface area contributed by atoms with Gasteiger partial charge in [0.1, 0.15) is 6.04 Å². The van der Waals surface area contributed by atoms with Crippen molar-refractivity contribution in [3.8, 4) is 0 Å². The Morgan fingerprint density at radius 3 is 2.95 bits per heavy atom. The summed E-state index contributed by atoms with van der Waals surface area (Å²) in [4.78, 5) is 11.9. The molecule has 0 aromatic heterocycles. The first kappa shape index (κ1) is 15.4. The van der Waals surface area contributed by atoms with E-state index in [1.54, 1.807) is 25.1 Å². The third-order valence-electron chi connectivity index (χ3n) is 3.14. The second-order valence-electron chi connectivity index (χ2n) is 4.85. The summed E-state index contributed by atoms with van der Waals surface area (Å²) in [5.41, 5.74) is 0.730. The SMILES string of the molecule is C[C@H](Nc1ccc(Cl)c(Cl)c1)C(=O)OCC1CCOC1. The van der Waals surface area contributed by atoms with Crippen molar-refractivity contribution in [2.45, 2.75) is 19.4 Å². The van der Waals surface area contributed by atoms with Crippen LogP contribution in [-0.2, 0) is 14.3 Å². The first-order chi connectivity index (χ1) is 9.56. The van der Waals surface area contributed by atoms with Gasteiger partial charge in [0.15, 0.2) is 0 Å². The van der Waals surface area contributed by atoms with Crippen LogP contribution in [0.3, 0.4) is 0 Å². The van der Waals surface area contributed by atoms with Crippen LogP contribution in [0.15, 0.2) is 18.2 Å². The van der Waals surface area contributed by atoms with Crippen molar-refractivity contribution in [3.63, 3.8) is 0 Å².